The SMILES string of the molecule is [CH2-]/C=C/C(=O)N(C[CH2-])CS[CH-]COc1[c-]cc2c(Nc3ccc(Oc4ccc5c(c4)ncn5C)c(C)c3)ncnc2c1.[CH3-].[CH3-].[Li+].[Li+]. The third kappa shape index (κ3) is 10.00. The molecule has 0 radical (unpaired) electrons. The molecule has 0 saturated carbocycles. The number of aromatic nitrogens is 4. The Hall–Kier alpha value is -3.51. The first-order chi connectivity index (χ1) is 20.4. The number of aryl methyl sites for hydroxylation is 2. The minimum absolute atomic E-state index is 0. The molecule has 0 aliphatic carbocycles. The summed E-state index contributed by atoms with van der Waals surface area (Å²) in [5, 5.41) is 4.20. The number of amides is 1. The number of nitrogens with zero attached hydrogens (tertiary/aromatic N) is 5. The van der Waals surface area contributed by atoms with Crippen LogP contribution in [-0.4, -0.2) is 49.4 Å². The average Bonchev–Trinajstić information content (AvgIpc) is 3.36. The van der Waals surface area contributed by atoms with E-state index in [1.165, 1.54) is 30.2 Å². The molecule has 5 aromatic rings. The van der Waals surface area contributed by atoms with Crippen LogP contribution in [0.4, 0.5) is 11.5 Å². The van der Waals surface area contributed by atoms with E-state index in [9.17, 15) is 4.79 Å². The molecule has 0 unspecified atom stereocenters. The van der Waals surface area contributed by atoms with Crippen LogP contribution in [-0.2, 0) is 11.8 Å². The molecule has 3 aromatic carbocycles. The molecular formula is C34H36Li2N6O3S-4. The first-order valence-electron chi connectivity index (χ1n) is 13.2. The molecular weight excluding hydrogens is 586 g/mol. The number of imidazole rings is 1. The minimum atomic E-state index is -0.119. The topological polar surface area (TPSA) is 94.4 Å². The van der Waals surface area contributed by atoms with Crippen LogP contribution in [0.1, 0.15) is 5.56 Å². The van der Waals surface area contributed by atoms with Crippen LogP contribution in [0.25, 0.3) is 21.9 Å². The molecule has 232 valence electrons. The number of carbonyl (C=O) groups is 1. The summed E-state index contributed by atoms with van der Waals surface area (Å²) in [5.41, 5.74) is 4.50. The molecule has 0 atom stereocenters. The van der Waals surface area contributed by atoms with Gasteiger partial charge in [0.25, 0.3) is 0 Å². The Balaban J connectivity index is 0.00000264. The molecule has 2 heterocycles. The zero-order valence-corrected chi connectivity index (χ0v) is 28.2. The molecule has 2 aromatic heterocycles. The van der Waals surface area contributed by atoms with Crippen molar-refractivity contribution in [2.75, 3.05) is 24.3 Å². The van der Waals surface area contributed by atoms with Gasteiger partial charge >= 0.3 is 37.7 Å². The van der Waals surface area contributed by atoms with Crippen molar-refractivity contribution in [2.24, 2.45) is 7.05 Å². The van der Waals surface area contributed by atoms with Gasteiger partial charge < -0.3 is 57.8 Å². The van der Waals surface area contributed by atoms with Gasteiger partial charge in [-0.15, -0.1) is 24.8 Å². The molecule has 46 heavy (non-hydrogen) atoms. The van der Waals surface area contributed by atoms with Gasteiger partial charge in [-0.1, -0.05) is 5.39 Å². The van der Waals surface area contributed by atoms with Crippen LogP contribution >= 0.6 is 11.8 Å². The number of hydrogen-bond acceptors (Lipinski definition) is 8. The van der Waals surface area contributed by atoms with Crippen molar-refractivity contribution in [3.63, 3.8) is 0 Å². The number of thioether (sulfide) groups is 1. The number of ether oxygens (including phenoxy) is 2. The van der Waals surface area contributed by atoms with Crippen molar-refractivity contribution in [1.82, 2.24) is 24.4 Å². The smallest absolute Gasteiger partial charge is 0.550 e. The van der Waals surface area contributed by atoms with Crippen molar-refractivity contribution in [3.05, 3.63) is 119 Å². The third-order valence-corrected chi connectivity index (χ3v) is 7.23. The second kappa shape index (κ2) is 19.2. The first-order valence-corrected chi connectivity index (χ1v) is 14.2. The molecule has 5 rings (SSSR count). The second-order valence-corrected chi connectivity index (χ2v) is 10.2. The maximum Gasteiger partial charge on any atom is 1.00 e. The summed E-state index contributed by atoms with van der Waals surface area (Å²) in [6.45, 7) is 10.1. The first kappa shape index (κ1) is 40.5. The van der Waals surface area contributed by atoms with Crippen LogP contribution in [0.5, 0.6) is 17.2 Å². The van der Waals surface area contributed by atoms with E-state index >= 15 is 0 Å². The summed E-state index contributed by atoms with van der Waals surface area (Å²) in [6.07, 6.45) is 6.20. The van der Waals surface area contributed by atoms with Gasteiger partial charge in [0.1, 0.15) is 17.8 Å². The Labute approximate surface area is 300 Å². The zero-order chi connectivity index (χ0) is 29.5. The predicted molar refractivity (Wildman–Crippen MR) is 180 cm³/mol. The zero-order valence-electron chi connectivity index (χ0n) is 27.4. The molecule has 9 nitrogen and oxygen atoms in total. The van der Waals surface area contributed by atoms with E-state index in [4.69, 9.17) is 9.47 Å². The van der Waals surface area contributed by atoms with Crippen molar-refractivity contribution in [1.29, 1.82) is 0 Å². The van der Waals surface area contributed by atoms with Crippen molar-refractivity contribution in [3.8, 4) is 17.2 Å². The van der Waals surface area contributed by atoms with Gasteiger partial charge in [0.05, 0.1) is 23.2 Å². The number of nitrogens with one attached hydrogen (secondary N) is 1. The van der Waals surface area contributed by atoms with Crippen molar-refractivity contribution < 1.29 is 52.0 Å². The fourth-order valence-corrected chi connectivity index (χ4v) is 4.91. The molecule has 0 spiro atoms. The Kier molecular flexibility index (Phi) is 16.9. The van der Waals surface area contributed by atoms with Gasteiger partial charge in [-0.25, -0.2) is 28.7 Å². The van der Waals surface area contributed by atoms with E-state index in [0.717, 1.165) is 44.7 Å². The summed E-state index contributed by atoms with van der Waals surface area (Å²) < 4.78 is 13.9. The standard InChI is InChI=1S/C32H30N6O3S.2CH3.2Li/c1-5-7-31(39)38(6-2)21-42-15-14-40-24-9-11-26-27(17-24)33-19-34-32(26)36-23-8-13-30(22(3)16-23)41-25-10-12-29-28(18-25)35-20-37(29)4;;;;/h5,7-8,10-13,15-20H,1-2,6,14,21H2,3-4H3,(H,33,34,36);2*1H3;;/q-4;2*-1;2*+1/b7-5+;;;;. The summed E-state index contributed by atoms with van der Waals surface area (Å²) in [6, 6.07) is 18.6. The van der Waals surface area contributed by atoms with Crippen LogP contribution in [0.2, 0.25) is 0 Å². The van der Waals surface area contributed by atoms with Crippen molar-refractivity contribution in [2.45, 2.75) is 6.92 Å². The number of hydrogen-bond donors (Lipinski definition) is 1. The number of rotatable bonds is 12. The molecule has 12 heteroatoms. The molecule has 0 saturated heterocycles. The van der Waals surface area contributed by atoms with E-state index in [1.54, 1.807) is 11.2 Å². The van der Waals surface area contributed by atoms with E-state index in [2.05, 4.69) is 40.2 Å². The number of allylic oxidation sites excluding steroid dienone is 1. The fourth-order valence-electron chi connectivity index (χ4n) is 4.20. The van der Waals surface area contributed by atoms with E-state index in [1.807, 2.05) is 72.8 Å². The van der Waals surface area contributed by atoms with E-state index in [-0.39, 0.29) is 58.5 Å². The van der Waals surface area contributed by atoms with E-state index in [0.29, 0.717) is 30.6 Å². The molecule has 0 aliphatic heterocycles. The molecule has 0 fully saturated rings. The van der Waals surface area contributed by atoms with Gasteiger partial charge in [-0.2, -0.15) is 6.07 Å². The van der Waals surface area contributed by atoms with Crippen LogP contribution in [0.3, 0.4) is 0 Å². The summed E-state index contributed by atoms with van der Waals surface area (Å²) >= 11 is 1.47. The minimum Gasteiger partial charge on any atom is -0.550 e. The number of carbonyl (C=O) groups excluding carboxylic acids is 1. The van der Waals surface area contributed by atoms with Gasteiger partial charge in [0.2, 0.25) is 0 Å². The average molecular weight is 623 g/mol. The molecule has 1 N–H and O–H groups in total. The number of anilines is 2. The Morgan fingerprint density at radius 3 is 2.67 bits per heavy atom. The number of fused-ring (bicyclic) bond motifs is 2. The van der Waals surface area contributed by atoms with Crippen LogP contribution in [0, 0.1) is 47.4 Å². The van der Waals surface area contributed by atoms with Gasteiger partial charge in [-0.3, -0.25) is 9.78 Å². The maximum atomic E-state index is 11.9. The third-order valence-electron chi connectivity index (χ3n) is 6.40. The maximum absolute atomic E-state index is 11.9. The van der Waals surface area contributed by atoms with Crippen LogP contribution in [0.15, 0.2) is 73.3 Å². The Morgan fingerprint density at radius 2 is 1.93 bits per heavy atom. The largest absolute Gasteiger partial charge is 1.00 e. The summed E-state index contributed by atoms with van der Waals surface area (Å²) in [7, 11) is 1.97. The normalized spacial score (nSPS) is 10.3. The van der Waals surface area contributed by atoms with E-state index < -0.39 is 0 Å². The molecule has 1 amide bonds. The van der Waals surface area contributed by atoms with Gasteiger partial charge in [0, 0.05) is 30.4 Å². The molecule has 0 aliphatic rings. The fraction of sp³-hybridized carbons (Fsp3) is 0.147. The van der Waals surface area contributed by atoms with Gasteiger partial charge in [-0.05, 0) is 54.9 Å². The Morgan fingerprint density at radius 1 is 1.13 bits per heavy atom. The predicted octanol–water partition coefficient (Wildman–Crippen LogP) is 1.35. The van der Waals surface area contributed by atoms with Crippen molar-refractivity contribution >= 4 is 51.1 Å². The number of benzene rings is 3. The monoisotopic (exact) mass is 622 g/mol. The Bertz CT molecular complexity index is 1750. The quantitative estimate of drug-likeness (QED) is 0.0734. The van der Waals surface area contributed by atoms with Crippen LogP contribution < -0.4 is 52.5 Å². The second-order valence-electron chi connectivity index (χ2n) is 9.31. The molecule has 0 bridgehead atoms. The summed E-state index contributed by atoms with van der Waals surface area (Å²) in [4.78, 5) is 26.8. The van der Waals surface area contributed by atoms with Gasteiger partial charge in [0.15, 0.2) is 5.91 Å². The summed E-state index contributed by atoms with van der Waals surface area (Å²) in [5.74, 6) is 4.97.